The van der Waals surface area contributed by atoms with Crippen LogP contribution in [0.4, 0.5) is 28.9 Å². The predicted molar refractivity (Wildman–Crippen MR) is 154 cm³/mol. The van der Waals surface area contributed by atoms with Crippen molar-refractivity contribution in [1.29, 1.82) is 0 Å². The molecule has 4 saturated heterocycles. The third-order valence-electron chi connectivity index (χ3n) is 9.28. The normalized spacial score (nSPS) is 27.5. The van der Waals surface area contributed by atoms with Crippen LogP contribution in [0.15, 0.2) is 97.1 Å². The maximum Gasteiger partial charge on any atom is 0.253 e. The van der Waals surface area contributed by atoms with E-state index in [2.05, 4.69) is 0 Å². The molecule has 0 aromatic heterocycles. The molecule has 0 saturated carbocycles. The van der Waals surface area contributed by atoms with Gasteiger partial charge in [0.2, 0.25) is 11.8 Å². The number of carbonyl (C=O) groups is 4. The highest BCUT2D eigenvalue weighted by atomic mass is 19.1. The van der Waals surface area contributed by atoms with E-state index in [9.17, 15) is 36.7 Å². The first kappa shape index (κ1) is 28.3. The minimum atomic E-state index is -1.25. The van der Waals surface area contributed by atoms with Gasteiger partial charge in [-0.2, -0.15) is 0 Å². The number of hydrogen-bond donors (Lipinski definition) is 0. The first-order valence-electron chi connectivity index (χ1n) is 14.5. The lowest BCUT2D eigenvalue weighted by atomic mass is 9.84. The van der Waals surface area contributed by atoms with Crippen molar-refractivity contribution in [3.05, 3.63) is 131 Å². The summed E-state index contributed by atoms with van der Waals surface area (Å²) in [5.74, 6) is -7.51. The van der Waals surface area contributed by atoms with E-state index in [4.69, 9.17) is 0 Å². The van der Waals surface area contributed by atoms with Crippen molar-refractivity contribution in [2.24, 2.45) is 11.8 Å². The Labute approximate surface area is 259 Å². The summed E-state index contributed by atoms with van der Waals surface area (Å²) in [6.45, 7) is 0. The summed E-state index contributed by atoms with van der Waals surface area (Å²) < 4.78 is 56.8. The maximum absolute atomic E-state index is 14.3. The molecule has 4 aromatic carbocycles. The van der Waals surface area contributed by atoms with Gasteiger partial charge in [-0.25, -0.2) is 37.4 Å². The van der Waals surface area contributed by atoms with Crippen LogP contribution in [0.1, 0.15) is 23.2 Å². The number of benzene rings is 4. The third kappa shape index (κ3) is 3.93. The molecule has 230 valence electrons. The van der Waals surface area contributed by atoms with Gasteiger partial charge in [-0.1, -0.05) is 36.4 Å². The summed E-state index contributed by atoms with van der Waals surface area (Å²) in [7, 11) is 0. The molecule has 0 radical (unpaired) electrons. The van der Waals surface area contributed by atoms with Gasteiger partial charge in [-0.05, 0) is 71.8 Å². The van der Waals surface area contributed by atoms with E-state index in [0.29, 0.717) is 11.1 Å². The molecule has 0 unspecified atom stereocenters. The van der Waals surface area contributed by atoms with Crippen LogP contribution >= 0.6 is 0 Å². The largest absolute Gasteiger partial charge is 0.274 e. The van der Waals surface area contributed by atoms with E-state index in [1.165, 1.54) is 84.9 Å². The number of halogens is 4. The number of amides is 4. The van der Waals surface area contributed by atoms with Crippen LogP contribution in [0.3, 0.4) is 0 Å². The Hall–Kier alpha value is -5.20. The van der Waals surface area contributed by atoms with E-state index >= 15 is 0 Å². The van der Waals surface area contributed by atoms with Crippen LogP contribution in [-0.4, -0.2) is 45.7 Å². The van der Waals surface area contributed by atoms with E-state index in [0.717, 1.165) is 21.9 Å². The number of rotatable bonds is 4. The number of carbonyl (C=O) groups excluding carboxylic acids is 4. The van der Waals surface area contributed by atoms with Gasteiger partial charge in [0.15, 0.2) is 0 Å². The van der Waals surface area contributed by atoms with Crippen molar-refractivity contribution in [3.8, 4) is 0 Å². The Morgan fingerprint density at radius 1 is 0.413 bits per heavy atom. The molecule has 4 amide bonds. The number of hydrazine groups is 1. The molecule has 12 heteroatoms. The monoisotopic (exact) mass is 626 g/mol. The second-order valence-corrected chi connectivity index (χ2v) is 11.7. The predicted octanol–water partition coefficient (Wildman–Crippen LogP) is 4.69. The second kappa shape index (κ2) is 10.2. The van der Waals surface area contributed by atoms with Gasteiger partial charge in [0.1, 0.15) is 35.4 Å². The van der Waals surface area contributed by atoms with E-state index in [1.54, 1.807) is 10.0 Å². The first-order chi connectivity index (χ1) is 22.2. The van der Waals surface area contributed by atoms with Gasteiger partial charge in [-0.3, -0.25) is 19.2 Å². The third-order valence-corrected chi connectivity index (χ3v) is 9.28. The number of hydrogen-bond acceptors (Lipinski definition) is 6. The standard InChI is InChI=1S/C34H22F4N4O4/c35-19-11-7-17(8-12-19)27-25-29(33(45)39(31(25)43)23-5-1-3-21(37)15-23)41-28(18-9-13-20(36)14-10-18)26-30(42(27)41)34(46)40(32(26)44)24-6-2-4-22(38)16-24/h1-16,25-30H/t25-,26-,27-,28+,29+,30+/m0/s1. The second-order valence-electron chi connectivity index (χ2n) is 11.7. The highest BCUT2D eigenvalue weighted by Gasteiger charge is 2.73. The number of anilines is 2. The van der Waals surface area contributed by atoms with Crippen LogP contribution in [0.25, 0.3) is 0 Å². The lowest BCUT2D eigenvalue weighted by molar-refractivity contribution is -0.136. The van der Waals surface area contributed by atoms with Crippen LogP contribution in [-0.2, 0) is 19.2 Å². The number of fused-ring (bicyclic) bond motifs is 5. The Morgan fingerprint density at radius 2 is 0.783 bits per heavy atom. The molecular weight excluding hydrogens is 604 g/mol. The quantitative estimate of drug-likeness (QED) is 0.242. The Morgan fingerprint density at radius 3 is 1.13 bits per heavy atom. The highest BCUT2D eigenvalue weighted by molar-refractivity contribution is 6.26. The van der Waals surface area contributed by atoms with Crippen molar-refractivity contribution >= 4 is 35.0 Å². The summed E-state index contributed by atoms with van der Waals surface area (Å²) >= 11 is 0. The zero-order chi connectivity index (χ0) is 32.0. The van der Waals surface area contributed by atoms with Gasteiger partial charge in [-0.15, -0.1) is 0 Å². The Balaban J connectivity index is 1.33. The average molecular weight is 627 g/mol. The molecule has 0 N–H and O–H groups in total. The van der Waals surface area contributed by atoms with Gasteiger partial charge < -0.3 is 0 Å². The molecule has 0 bridgehead atoms. The zero-order valence-corrected chi connectivity index (χ0v) is 23.6. The molecular formula is C34H22F4N4O4. The molecule has 0 aliphatic carbocycles. The van der Waals surface area contributed by atoms with Crippen LogP contribution in [0.5, 0.6) is 0 Å². The van der Waals surface area contributed by atoms with Crippen LogP contribution < -0.4 is 9.80 Å². The molecule has 4 heterocycles. The molecule has 4 aromatic rings. The molecule has 8 rings (SSSR count). The summed E-state index contributed by atoms with van der Waals surface area (Å²) in [6.07, 6.45) is 0. The summed E-state index contributed by atoms with van der Waals surface area (Å²) in [5.41, 5.74) is 0.806. The van der Waals surface area contributed by atoms with E-state index in [-0.39, 0.29) is 11.4 Å². The van der Waals surface area contributed by atoms with Gasteiger partial charge in [0.25, 0.3) is 11.8 Å². The lowest BCUT2D eigenvalue weighted by Crippen LogP contribution is -2.50. The fourth-order valence-electron chi connectivity index (χ4n) is 7.56. The Kier molecular flexibility index (Phi) is 6.25. The van der Waals surface area contributed by atoms with Gasteiger partial charge >= 0.3 is 0 Å². The van der Waals surface area contributed by atoms with Gasteiger partial charge in [0, 0.05) is 0 Å². The van der Waals surface area contributed by atoms with Crippen LogP contribution in [0.2, 0.25) is 0 Å². The summed E-state index contributed by atoms with van der Waals surface area (Å²) in [6, 6.07) is 15.9. The minimum absolute atomic E-state index is 0.0101. The average Bonchev–Trinajstić information content (AvgIpc) is 3.69. The number of nitrogens with zero attached hydrogens (tertiary/aromatic N) is 4. The lowest BCUT2D eigenvalue weighted by Gasteiger charge is -2.35. The fourth-order valence-corrected chi connectivity index (χ4v) is 7.56. The molecule has 46 heavy (non-hydrogen) atoms. The SMILES string of the molecule is O=C1[C@@H]2[C@H](C(=O)N1c1cccc(F)c1)N1[C@H](c3ccc(F)cc3)[C@@H]3C(=O)N(c4cccc(F)c4)C(=O)[C@@H]3N1[C@H]2c1ccc(F)cc1. The van der Waals surface area contributed by atoms with E-state index < -0.39 is 82.9 Å². The molecule has 6 atom stereocenters. The molecule has 4 aliphatic rings. The minimum Gasteiger partial charge on any atom is -0.274 e. The first-order valence-corrected chi connectivity index (χ1v) is 14.5. The van der Waals surface area contributed by atoms with Gasteiger partial charge in [0.05, 0.1) is 35.3 Å². The van der Waals surface area contributed by atoms with E-state index in [1.807, 2.05) is 0 Å². The summed E-state index contributed by atoms with van der Waals surface area (Å²) in [4.78, 5) is 58.9. The summed E-state index contributed by atoms with van der Waals surface area (Å²) in [5, 5.41) is 3.08. The van der Waals surface area contributed by atoms with Crippen molar-refractivity contribution in [2.45, 2.75) is 24.2 Å². The topological polar surface area (TPSA) is 81.2 Å². The van der Waals surface area contributed by atoms with Crippen LogP contribution in [0, 0.1) is 35.1 Å². The molecule has 8 nitrogen and oxygen atoms in total. The maximum atomic E-state index is 14.3. The molecule has 4 fully saturated rings. The van der Waals surface area contributed by atoms with Crippen molar-refractivity contribution in [2.75, 3.05) is 9.80 Å². The van der Waals surface area contributed by atoms with Crippen molar-refractivity contribution in [3.63, 3.8) is 0 Å². The Bertz CT molecular complexity index is 1810. The molecule has 0 spiro atoms. The van der Waals surface area contributed by atoms with Crippen molar-refractivity contribution < 1.29 is 36.7 Å². The number of imide groups is 2. The fraction of sp³-hybridized carbons (Fsp3) is 0.176. The van der Waals surface area contributed by atoms with Crippen molar-refractivity contribution in [1.82, 2.24) is 10.0 Å². The molecule has 4 aliphatic heterocycles. The smallest absolute Gasteiger partial charge is 0.253 e. The highest BCUT2D eigenvalue weighted by Crippen LogP contribution is 2.59. The zero-order valence-electron chi connectivity index (χ0n) is 23.6.